The summed E-state index contributed by atoms with van der Waals surface area (Å²) in [5.41, 5.74) is 14.7. The second-order valence-corrected chi connectivity index (χ2v) is 17.8. The topological polar surface area (TPSA) is 13.0 Å². The van der Waals surface area contributed by atoms with Crippen LogP contribution in [0.1, 0.15) is 11.1 Å². The molecule has 11 aromatic rings. The number of para-hydroxylation sites is 3. The van der Waals surface area contributed by atoms with Crippen molar-refractivity contribution in [1.82, 2.24) is 0 Å². The summed E-state index contributed by atoms with van der Waals surface area (Å²) >= 11 is 0. The minimum Gasteiger partial charge on any atom is -0.334 e. The van der Waals surface area contributed by atoms with Crippen molar-refractivity contribution in [1.29, 1.82) is 0 Å². The summed E-state index contributed by atoms with van der Waals surface area (Å²) in [6, 6.07) is 98.6. The molecule has 0 amide bonds. The third-order valence-electron chi connectivity index (χ3n) is 13.5. The first kappa shape index (κ1) is 42.2. The van der Waals surface area contributed by atoms with Gasteiger partial charge < -0.3 is 19.6 Å². The van der Waals surface area contributed by atoms with Crippen molar-refractivity contribution in [3.05, 3.63) is 290 Å². The van der Waals surface area contributed by atoms with Gasteiger partial charge in [0.15, 0.2) is 0 Å². The lowest BCUT2D eigenvalue weighted by atomic mass is 9.92. The summed E-state index contributed by atoms with van der Waals surface area (Å²) in [6.07, 6.45) is 5.55. The maximum absolute atomic E-state index is 2.47. The number of rotatable bonds is 12. The van der Waals surface area contributed by atoms with Gasteiger partial charge in [0.25, 0.3) is 0 Å². The molecule has 0 bridgehead atoms. The molecule has 12 rings (SSSR count). The fourth-order valence-corrected chi connectivity index (χ4v) is 10.1. The van der Waals surface area contributed by atoms with E-state index in [1.165, 1.54) is 32.7 Å². The number of hydrogen-bond acceptors (Lipinski definition) is 4. The van der Waals surface area contributed by atoms with Crippen molar-refractivity contribution < 1.29 is 0 Å². The monoisotopic (exact) mass is 898 g/mol. The average molecular weight is 899 g/mol. The van der Waals surface area contributed by atoms with Gasteiger partial charge in [-0.05, 0) is 173 Å². The molecule has 11 aromatic carbocycles. The molecular weight excluding hydrogens is 849 g/mol. The summed E-state index contributed by atoms with van der Waals surface area (Å²) in [6.45, 7) is 0. The molecule has 0 aliphatic heterocycles. The summed E-state index contributed by atoms with van der Waals surface area (Å²) in [5.74, 6) is 0. The van der Waals surface area contributed by atoms with Gasteiger partial charge >= 0.3 is 0 Å². The Bertz CT molecular complexity index is 3410. The number of benzene rings is 11. The maximum atomic E-state index is 2.47. The van der Waals surface area contributed by atoms with Crippen molar-refractivity contribution in [3.63, 3.8) is 0 Å². The summed E-state index contributed by atoms with van der Waals surface area (Å²) in [4.78, 5) is 9.52. The van der Waals surface area contributed by atoms with Crippen LogP contribution in [0.25, 0.3) is 27.6 Å². The van der Waals surface area contributed by atoms with Gasteiger partial charge in [-0.15, -0.1) is 0 Å². The molecule has 1 atom stereocenters. The van der Waals surface area contributed by atoms with Crippen LogP contribution in [0.3, 0.4) is 0 Å². The van der Waals surface area contributed by atoms with Crippen molar-refractivity contribution in [2.45, 2.75) is 12.5 Å². The Morgan fingerprint density at radius 2 is 0.571 bits per heavy atom. The molecule has 0 spiro atoms. The van der Waals surface area contributed by atoms with E-state index >= 15 is 0 Å². The lowest BCUT2D eigenvalue weighted by molar-refractivity contribution is 0.766. The van der Waals surface area contributed by atoms with E-state index in [0.717, 1.165) is 69.0 Å². The van der Waals surface area contributed by atoms with E-state index < -0.39 is 0 Å². The molecule has 334 valence electrons. The Hall–Kier alpha value is -9.12. The highest BCUT2D eigenvalue weighted by Crippen LogP contribution is 2.43. The number of hydrogen-bond donors (Lipinski definition) is 0. The molecule has 0 heterocycles. The van der Waals surface area contributed by atoms with Gasteiger partial charge in [-0.1, -0.05) is 152 Å². The molecule has 4 heteroatoms. The van der Waals surface area contributed by atoms with Crippen LogP contribution in [-0.4, -0.2) is 6.04 Å². The van der Waals surface area contributed by atoms with Crippen LogP contribution in [-0.2, 0) is 6.42 Å². The molecule has 0 radical (unpaired) electrons. The van der Waals surface area contributed by atoms with E-state index in [1.54, 1.807) is 0 Å². The second kappa shape index (κ2) is 18.9. The van der Waals surface area contributed by atoms with Crippen molar-refractivity contribution in [3.8, 4) is 0 Å². The van der Waals surface area contributed by atoms with E-state index in [1.807, 2.05) is 0 Å². The number of fused-ring (bicyclic) bond motifs is 3. The fourth-order valence-electron chi connectivity index (χ4n) is 10.1. The predicted octanol–water partition coefficient (Wildman–Crippen LogP) is 18.2. The van der Waals surface area contributed by atoms with Crippen LogP contribution in [0, 0.1) is 0 Å². The first-order valence-corrected chi connectivity index (χ1v) is 24.1. The molecule has 0 saturated carbocycles. The quantitative estimate of drug-likeness (QED) is 0.121. The zero-order chi connectivity index (χ0) is 46.6. The lowest BCUT2D eigenvalue weighted by Crippen LogP contribution is -2.32. The third-order valence-corrected chi connectivity index (χ3v) is 13.5. The average Bonchev–Trinajstić information content (AvgIpc) is 3.43. The second-order valence-electron chi connectivity index (χ2n) is 17.8. The molecule has 1 aliphatic rings. The zero-order valence-corrected chi connectivity index (χ0v) is 38.7. The number of anilines is 11. The first-order valence-electron chi connectivity index (χ1n) is 24.1. The highest BCUT2D eigenvalue weighted by atomic mass is 15.2. The molecule has 0 saturated heterocycles. The van der Waals surface area contributed by atoms with E-state index in [4.69, 9.17) is 0 Å². The standard InChI is InChI=1S/C66H50N4/c1-4-22-55(23-5-1)68(64-31-28-49-16-10-13-19-52(49)46-64)61-40-34-58(35-41-61)67(59-36-42-62(43-37-59)69(56-24-6-2-7-25-56)65-32-29-50-17-11-14-20-53(50)47-65)60-38-44-63(45-39-60)70(57-26-8-3-9-27-57)66-33-30-51-18-12-15-21-54(51)48-66/h1-47,66H,48H2. The normalized spacial score (nSPS) is 12.9. The van der Waals surface area contributed by atoms with Gasteiger partial charge in [0.1, 0.15) is 0 Å². The van der Waals surface area contributed by atoms with Gasteiger partial charge in [0.2, 0.25) is 0 Å². The Balaban J connectivity index is 0.949. The van der Waals surface area contributed by atoms with Gasteiger partial charge in [-0.25, -0.2) is 0 Å². The van der Waals surface area contributed by atoms with Crippen LogP contribution in [0.5, 0.6) is 0 Å². The van der Waals surface area contributed by atoms with Crippen LogP contribution < -0.4 is 19.6 Å². The number of nitrogens with zero attached hydrogens (tertiary/aromatic N) is 4. The van der Waals surface area contributed by atoms with Crippen LogP contribution in [0.2, 0.25) is 0 Å². The van der Waals surface area contributed by atoms with Crippen LogP contribution >= 0.6 is 0 Å². The molecule has 4 nitrogen and oxygen atoms in total. The molecule has 1 unspecified atom stereocenters. The van der Waals surface area contributed by atoms with E-state index in [2.05, 4.69) is 305 Å². The van der Waals surface area contributed by atoms with Gasteiger partial charge in [0, 0.05) is 62.6 Å². The molecule has 0 aromatic heterocycles. The molecule has 70 heavy (non-hydrogen) atoms. The van der Waals surface area contributed by atoms with E-state index in [9.17, 15) is 0 Å². The molecular formula is C66H50N4. The van der Waals surface area contributed by atoms with Crippen molar-refractivity contribution in [2.24, 2.45) is 0 Å². The Morgan fingerprint density at radius 1 is 0.257 bits per heavy atom. The van der Waals surface area contributed by atoms with E-state index in [0.29, 0.717) is 0 Å². The maximum Gasteiger partial charge on any atom is 0.0566 e. The summed E-state index contributed by atoms with van der Waals surface area (Å²) in [5, 5.41) is 4.85. The highest BCUT2D eigenvalue weighted by molar-refractivity contribution is 5.91. The first-order chi connectivity index (χ1) is 34.7. The predicted molar refractivity (Wildman–Crippen MR) is 297 cm³/mol. The molecule has 0 N–H and O–H groups in total. The third kappa shape index (κ3) is 8.44. The molecule has 1 aliphatic carbocycles. The Kier molecular flexibility index (Phi) is 11.4. The van der Waals surface area contributed by atoms with Gasteiger partial charge in [-0.2, -0.15) is 0 Å². The Labute approximate surface area is 410 Å². The highest BCUT2D eigenvalue weighted by Gasteiger charge is 2.24. The summed E-state index contributed by atoms with van der Waals surface area (Å²) < 4.78 is 0. The van der Waals surface area contributed by atoms with Crippen molar-refractivity contribution >= 4 is 90.2 Å². The van der Waals surface area contributed by atoms with Gasteiger partial charge in [0.05, 0.1) is 6.04 Å². The van der Waals surface area contributed by atoms with Crippen LogP contribution in [0.4, 0.5) is 62.6 Å². The van der Waals surface area contributed by atoms with Gasteiger partial charge in [-0.3, -0.25) is 0 Å². The largest absolute Gasteiger partial charge is 0.334 e. The van der Waals surface area contributed by atoms with Crippen LogP contribution in [0.15, 0.2) is 279 Å². The smallest absolute Gasteiger partial charge is 0.0566 e. The Morgan fingerprint density at radius 3 is 1.03 bits per heavy atom. The lowest BCUT2D eigenvalue weighted by Gasteiger charge is -2.35. The van der Waals surface area contributed by atoms with Crippen molar-refractivity contribution in [2.75, 3.05) is 19.6 Å². The zero-order valence-electron chi connectivity index (χ0n) is 38.7. The minimum absolute atomic E-state index is 0.157. The fraction of sp³-hybridized carbons (Fsp3) is 0.0303. The SMILES string of the molecule is C1=CC(N(c2ccccc2)c2ccc(N(c3ccc(N(c4ccccc4)c4ccc5ccccc5c4)cc3)c3ccc(N(c4ccccc4)c4ccc5ccccc5c4)cc3)cc2)Cc2ccccc21. The molecule has 0 fully saturated rings. The summed E-state index contributed by atoms with van der Waals surface area (Å²) in [7, 11) is 0. The minimum atomic E-state index is 0.157. The van der Waals surface area contributed by atoms with E-state index in [-0.39, 0.29) is 6.04 Å².